The number of nitrogens with two attached hydrogens (primary N) is 1. The first-order valence-corrected chi connectivity index (χ1v) is 8.37. The summed E-state index contributed by atoms with van der Waals surface area (Å²) in [7, 11) is 0. The highest BCUT2D eigenvalue weighted by Gasteiger charge is 2.43. The molecule has 1 aromatic heterocycles. The molecule has 0 aliphatic heterocycles. The first-order valence-electron chi connectivity index (χ1n) is 8.37. The zero-order valence-corrected chi connectivity index (χ0v) is 14.4. The number of anilines is 1. The van der Waals surface area contributed by atoms with Gasteiger partial charge in [0.15, 0.2) is 11.5 Å². The van der Waals surface area contributed by atoms with Gasteiger partial charge >= 0.3 is 5.97 Å². The second kappa shape index (κ2) is 7.67. The fourth-order valence-electron chi connectivity index (χ4n) is 3.05. The summed E-state index contributed by atoms with van der Waals surface area (Å²) < 4.78 is 18.3. The summed E-state index contributed by atoms with van der Waals surface area (Å²) in [5.41, 5.74) is 4.25. The van der Waals surface area contributed by atoms with Crippen LogP contribution in [0.25, 0.3) is 0 Å². The average Bonchev–Trinajstić information content (AvgIpc) is 2.63. The number of primary amides is 1. The maximum absolute atomic E-state index is 13.1. The number of nitrogens with one attached hydrogen (secondary N) is 1. The van der Waals surface area contributed by atoms with E-state index in [9.17, 15) is 19.1 Å². The monoisotopic (exact) mass is 374 g/mol. The van der Waals surface area contributed by atoms with Crippen molar-refractivity contribution in [3.63, 3.8) is 0 Å². The van der Waals surface area contributed by atoms with E-state index in [1.807, 2.05) is 6.07 Å². The third-order valence-corrected chi connectivity index (χ3v) is 4.36. The van der Waals surface area contributed by atoms with Gasteiger partial charge in [-0.05, 0) is 30.9 Å². The van der Waals surface area contributed by atoms with E-state index in [4.69, 9.17) is 10.5 Å². The SMILES string of the molecule is NC(=O)c1nc(F)cnc1NCC1(O)CC(COC(=O)c2ccccc2)C1. The molecule has 142 valence electrons. The third kappa shape index (κ3) is 4.56. The lowest BCUT2D eigenvalue weighted by Gasteiger charge is -2.43. The Balaban J connectivity index is 1.47. The molecule has 0 unspecified atom stereocenters. The first kappa shape index (κ1) is 18.7. The molecule has 0 radical (unpaired) electrons. The fourth-order valence-corrected chi connectivity index (χ4v) is 3.05. The number of halogens is 1. The van der Waals surface area contributed by atoms with Crippen LogP contribution in [0.2, 0.25) is 0 Å². The van der Waals surface area contributed by atoms with Gasteiger partial charge in [0.05, 0.1) is 24.0 Å². The van der Waals surface area contributed by atoms with Gasteiger partial charge in [0.2, 0.25) is 5.95 Å². The lowest BCUT2D eigenvalue weighted by Crippen LogP contribution is -2.50. The Morgan fingerprint density at radius 3 is 2.70 bits per heavy atom. The minimum absolute atomic E-state index is 0.0104. The van der Waals surface area contributed by atoms with Gasteiger partial charge in [-0.2, -0.15) is 4.39 Å². The number of ether oxygens (including phenoxy) is 1. The highest BCUT2D eigenvalue weighted by atomic mass is 19.1. The van der Waals surface area contributed by atoms with Crippen LogP contribution in [0.5, 0.6) is 0 Å². The number of carbonyl (C=O) groups excluding carboxylic acids is 2. The summed E-state index contributed by atoms with van der Waals surface area (Å²) in [6.45, 7) is 0.287. The Bertz CT molecular complexity index is 841. The minimum Gasteiger partial charge on any atom is -0.462 e. The van der Waals surface area contributed by atoms with Gasteiger partial charge in [-0.25, -0.2) is 14.8 Å². The van der Waals surface area contributed by atoms with Gasteiger partial charge in [0.1, 0.15) is 0 Å². The molecule has 1 saturated carbocycles. The molecule has 1 aliphatic rings. The predicted octanol–water partition coefficient (Wildman–Crippen LogP) is 1.12. The lowest BCUT2D eigenvalue weighted by atomic mass is 9.71. The maximum Gasteiger partial charge on any atom is 0.338 e. The summed E-state index contributed by atoms with van der Waals surface area (Å²) in [5.74, 6) is -2.21. The molecule has 0 atom stereocenters. The molecule has 4 N–H and O–H groups in total. The Labute approximate surface area is 154 Å². The van der Waals surface area contributed by atoms with Crippen LogP contribution in [0, 0.1) is 11.9 Å². The van der Waals surface area contributed by atoms with Gasteiger partial charge in [-0.1, -0.05) is 18.2 Å². The predicted molar refractivity (Wildman–Crippen MR) is 93.4 cm³/mol. The van der Waals surface area contributed by atoms with Crippen molar-refractivity contribution in [2.45, 2.75) is 18.4 Å². The van der Waals surface area contributed by atoms with Crippen molar-refractivity contribution in [1.82, 2.24) is 9.97 Å². The van der Waals surface area contributed by atoms with Gasteiger partial charge in [0.25, 0.3) is 5.91 Å². The van der Waals surface area contributed by atoms with Gasteiger partial charge in [-0.15, -0.1) is 0 Å². The normalized spacial score (nSPS) is 21.2. The van der Waals surface area contributed by atoms with Crippen molar-refractivity contribution in [2.75, 3.05) is 18.5 Å². The fraction of sp³-hybridized carbons (Fsp3) is 0.333. The zero-order valence-electron chi connectivity index (χ0n) is 14.4. The molecule has 9 heteroatoms. The second-order valence-electron chi connectivity index (χ2n) is 6.57. The van der Waals surface area contributed by atoms with Crippen molar-refractivity contribution in [2.24, 2.45) is 11.7 Å². The minimum atomic E-state index is -1.05. The number of hydrogen-bond acceptors (Lipinski definition) is 7. The Kier molecular flexibility index (Phi) is 5.31. The van der Waals surface area contributed by atoms with E-state index in [-0.39, 0.29) is 30.6 Å². The quantitative estimate of drug-likeness (QED) is 0.620. The van der Waals surface area contributed by atoms with Crippen LogP contribution in [-0.4, -0.2) is 45.7 Å². The molecule has 0 bridgehead atoms. The number of hydrogen-bond donors (Lipinski definition) is 3. The largest absolute Gasteiger partial charge is 0.462 e. The van der Waals surface area contributed by atoms with Gasteiger partial charge in [-0.3, -0.25) is 4.79 Å². The standard InChI is InChI=1S/C18H19FN4O4/c19-13-8-21-16(14(23-13)15(20)24)22-10-18(26)6-11(7-18)9-27-17(25)12-4-2-1-3-5-12/h1-5,8,11,26H,6-7,9-10H2,(H2,20,24)(H,21,22). The number of amides is 1. The van der Waals surface area contributed by atoms with Crippen LogP contribution in [0.15, 0.2) is 36.5 Å². The van der Waals surface area contributed by atoms with E-state index >= 15 is 0 Å². The van der Waals surface area contributed by atoms with Crippen LogP contribution >= 0.6 is 0 Å². The third-order valence-electron chi connectivity index (χ3n) is 4.36. The van der Waals surface area contributed by atoms with Crippen molar-refractivity contribution in [1.29, 1.82) is 0 Å². The van der Waals surface area contributed by atoms with E-state index in [0.717, 1.165) is 6.20 Å². The number of aromatic nitrogens is 2. The van der Waals surface area contributed by atoms with E-state index in [1.54, 1.807) is 24.3 Å². The van der Waals surface area contributed by atoms with E-state index in [1.165, 1.54) is 0 Å². The first-order chi connectivity index (χ1) is 12.9. The molecule has 1 aliphatic carbocycles. The molecule has 2 aromatic rings. The number of rotatable bonds is 7. The molecule has 1 aromatic carbocycles. The van der Waals surface area contributed by atoms with Crippen LogP contribution in [0.3, 0.4) is 0 Å². The summed E-state index contributed by atoms with van der Waals surface area (Å²) >= 11 is 0. The summed E-state index contributed by atoms with van der Waals surface area (Å²) in [6.07, 6.45) is 1.66. The molecular weight excluding hydrogens is 355 g/mol. The van der Waals surface area contributed by atoms with Gasteiger partial charge in [0, 0.05) is 6.54 Å². The molecule has 3 rings (SSSR count). The molecule has 1 fully saturated rings. The molecule has 1 heterocycles. The summed E-state index contributed by atoms with van der Waals surface area (Å²) in [5, 5.41) is 13.2. The zero-order chi connectivity index (χ0) is 19.4. The molecule has 0 spiro atoms. The molecule has 8 nitrogen and oxygen atoms in total. The van der Waals surface area contributed by atoms with E-state index in [0.29, 0.717) is 18.4 Å². The Morgan fingerprint density at radius 1 is 1.33 bits per heavy atom. The molecule has 27 heavy (non-hydrogen) atoms. The number of aliphatic hydroxyl groups is 1. The summed E-state index contributed by atoms with van der Waals surface area (Å²) in [6, 6.07) is 8.66. The van der Waals surface area contributed by atoms with E-state index in [2.05, 4.69) is 15.3 Å². The highest BCUT2D eigenvalue weighted by Crippen LogP contribution is 2.38. The number of nitrogens with zero attached hydrogens (tertiary/aromatic N) is 2. The van der Waals surface area contributed by atoms with Crippen LogP contribution in [0.4, 0.5) is 10.2 Å². The van der Waals surface area contributed by atoms with Crippen LogP contribution < -0.4 is 11.1 Å². The summed E-state index contributed by atoms with van der Waals surface area (Å²) in [4.78, 5) is 30.4. The Morgan fingerprint density at radius 2 is 2.04 bits per heavy atom. The Hall–Kier alpha value is -3.07. The average molecular weight is 374 g/mol. The van der Waals surface area contributed by atoms with Crippen LogP contribution in [0.1, 0.15) is 33.7 Å². The van der Waals surface area contributed by atoms with Crippen molar-refractivity contribution in [3.05, 3.63) is 53.7 Å². The highest BCUT2D eigenvalue weighted by molar-refractivity contribution is 5.95. The second-order valence-corrected chi connectivity index (χ2v) is 6.57. The lowest BCUT2D eigenvalue weighted by molar-refractivity contribution is -0.0796. The topological polar surface area (TPSA) is 127 Å². The van der Waals surface area contributed by atoms with Crippen molar-refractivity contribution < 1.29 is 23.8 Å². The van der Waals surface area contributed by atoms with E-state index < -0.39 is 23.4 Å². The molecule has 0 saturated heterocycles. The number of carbonyl (C=O) groups is 2. The van der Waals surface area contributed by atoms with Crippen molar-refractivity contribution in [3.8, 4) is 0 Å². The maximum atomic E-state index is 13.1. The smallest absolute Gasteiger partial charge is 0.338 e. The van der Waals surface area contributed by atoms with Crippen molar-refractivity contribution >= 4 is 17.7 Å². The van der Waals surface area contributed by atoms with Gasteiger partial charge < -0.3 is 20.9 Å². The number of benzene rings is 1. The molecule has 1 amide bonds. The molecular formula is C18H19FN4O4. The van der Waals surface area contributed by atoms with Crippen LogP contribution in [-0.2, 0) is 4.74 Å². The number of esters is 1.